The average molecular weight is 242 g/mol. The minimum Gasteiger partial charge on any atom is -0.379 e. The van der Waals surface area contributed by atoms with Crippen molar-refractivity contribution in [3.05, 3.63) is 0 Å². The molecule has 1 rings (SSSR count). The van der Waals surface area contributed by atoms with Gasteiger partial charge in [0.25, 0.3) is 0 Å². The van der Waals surface area contributed by atoms with E-state index < -0.39 is 0 Å². The number of unbranched alkanes of at least 4 members (excludes halogenated alkanes) is 5. The Labute approximate surface area is 107 Å². The molecule has 0 radical (unpaired) electrons. The van der Waals surface area contributed by atoms with E-state index in [1.807, 2.05) is 0 Å². The van der Waals surface area contributed by atoms with Crippen LogP contribution in [0.3, 0.4) is 0 Å². The van der Waals surface area contributed by atoms with Gasteiger partial charge in [-0.3, -0.25) is 0 Å². The molecular weight excluding hydrogens is 212 g/mol. The molecule has 0 N–H and O–H groups in total. The first kappa shape index (κ1) is 15.0. The van der Waals surface area contributed by atoms with Crippen molar-refractivity contribution in [2.45, 2.75) is 71.8 Å². The Morgan fingerprint density at radius 3 is 2.18 bits per heavy atom. The smallest absolute Gasteiger partial charge is 0.104 e. The molecule has 1 aliphatic rings. The van der Waals surface area contributed by atoms with Gasteiger partial charge in [-0.1, -0.05) is 52.9 Å². The van der Waals surface area contributed by atoms with E-state index in [-0.39, 0.29) is 0 Å². The van der Waals surface area contributed by atoms with Crippen molar-refractivity contribution >= 4 is 0 Å². The molecular formula is C15H30O2. The fraction of sp³-hybridized carbons (Fsp3) is 1.00. The van der Waals surface area contributed by atoms with Gasteiger partial charge in [0.05, 0.1) is 13.2 Å². The highest BCUT2D eigenvalue weighted by molar-refractivity contribution is 4.67. The third-order valence-electron chi connectivity index (χ3n) is 3.17. The standard InChI is InChI=1S/C15H30O2/c1-15(2,3)10-8-6-4-5-7-9-11-16-12-14-13-17-14/h14H,4-13H2,1-3H3. The van der Waals surface area contributed by atoms with Gasteiger partial charge in [0.1, 0.15) is 6.10 Å². The molecule has 0 spiro atoms. The maximum Gasteiger partial charge on any atom is 0.104 e. The Kier molecular flexibility index (Phi) is 7.14. The summed E-state index contributed by atoms with van der Waals surface area (Å²) in [5, 5.41) is 0. The maximum absolute atomic E-state index is 5.50. The largest absolute Gasteiger partial charge is 0.379 e. The van der Waals surface area contributed by atoms with E-state index in [1.54, 1.807) is 0 Å². The zero-order chi connectivity index (χ0) is 12.6. The Hall–Kier alpha value is -0.0800. The molecule has 1 aliphatic heterocycles. The van der Waals surface area contributed by atoms with E-state index >= 15 is 0 Å². The van der Waals surface area contributed by atoms with Gasteiger partial charge in [-0.25, -0.2) is 0 Å². The Morgan fingerprint density at radius 1 is 1.00 bits per heavy atom. The Balaban J connectivity index is 1.69. The topological polar surface area (TPSA) is 21.8 Å². The van der Waals surface area contributed by atoms with Gasteiger partial charge in [-0.15, -0.1) is 0 Å². The summed E-state index contributed by atoms with van der Waals surface area (Å²) >= 11 is 0. The first-order valence-electron chi connectivity index (χ1n) is 7.27. The van der Waals surface area contributed by atoms with Gasteiger partial charge in [0.2, 0.25) is 0 Å². The second-order valence-corrected chi connectivity index (χ2v) is 6.46. The van der Waals surface area contributed by atoms with Gasteiger partial charge in [0.15, 0.2) is 0 Å². The lowest BCUT2D eigenvalue weighted by Gasteiger charge is -2.17. The van der Waals surface area contributed by atoms with Crippen LogP contribution >= 0.6 is 0 Å². The van der Waals surface area contributed by atoms with Crippen LogP contribution in [-0.2, 0) is 9.47 Å². The van der Waals surface area contributed by atoms with Gasteiger partial charge in [-0.2, -0.15) is 0 Å². The van der Waals surface area contributed by atoms with Crippen LogP contribution in [-0.4, -0.2) is 25.9 Å². The number of hydrogen-bond acceptors (Lipinski definition) is 2. The van der Waals surface area contributed by atoms with Crippen molar-refractivity contribution in [1.82, 2.24) is 0 Å². The molecule has 0 saturated carbocycles. The molecule has 0 aromatic heterocycles. The molecule has 1 saturated heterocycles. The van der Waals surface area contributed by atoms with Crippen LogP contribution in [0.5, 0.6) is 0 Å². The molecule has 1 atom stereocenters. The lowest BCUT2D eigenvalue weighted by molar-refractivity contribution is 0.113. The molecule has 0 aliphatic carbocycles. The zero-order valence-electron chi connectivity index (χ0n) is 12.0. The van der Waals surface area contributed by atoms with E-state index in [1.165, 1.54) is 44.9 Å². The monoisotopic (exact) mass is 242 g/mol. The minimum absolute atomic E-state index is 0.424. The summed E-state index contributed by atoms with van der Waals surface area (Å²) in [6.07, 6.45) is 9.86. The Bertz CT molecular complexity index is 180. The van der Waals surface area contributed by atoms with Crippen molar-refractivity contribution < 1.29 is 9.47 Å². The normalized spacial score (nSPS) is 19.6. The molecule has 1 unspecified atom stereocenters. The molecule has 1 heterocycles. The highest BCUT2D eigenvalue weighted by atomic mass is 16.6. The van der Waals surface area contributed by atoms with Crippen molar-refractivity contribution in [1.29, 1.82) is 0 Å². The minimum atomic E-state index is 0.424. The SMILES string of the molecule is CC(C)(C)CCCCCCCCOCC1CO1. The number of ether oxygens (including phenoxy) is 2. The quantitative estimate of drug-likeness (QED) is 0.423. The summed E-state index contributed by atoms with van der Waals surface area (Å²) in [4.78, 5) is 0. The molecule has 102 valence electrons. The zero-order valence-corrected chi connectivity index (χ0v) is 12.0. The lowest BCUT2D eigenvalue weighted by Crippen LogP contribution is -2.04. The maximum atomic E-state index is 5.50. The second-order valence-electron chi connectivity index (χ2n) is 6.46. The molecule has 0 bridgehead atoms. The summed E-state index contributed by atoms with van der Waals surface area (Å²) in [5.41, 5.74) is 0.513. The van der Waals surface area contributed by atoms with Crippen molar-refractivity contribution in [3.8, 4) is 0 Å². The van der Waals surface area contributed by atoms with Gasteiger partial charge in [0, 0.05) is 6.61 Å². The molecule has 0 aromatic carbocycles. The summed E-state index contributed by atoms with van der Waals surface area (Å²) in [5.74, 6) is 0. The number of rotatable bonds is 10. The van der Waals surface area contributed by atoms with Crippen LogP contribution in [0.2, 0.25) is 0 Å². The molecule has 1 fully saturated rings. The highest BCUT2D eigenvalue weighted by Gasteiger charge is 2.21. The molecule has 2 nitrogen and oxygen atoms in total. The fourth-order valence-corrected chi connectivity index (χ4v) is 1.95. The predicted octanol–water partition coefficient (Wildman–Crippen LogP) is 4.18. The number of hydrogen-bond donors (Lipinski definition) is 0. The highest BCUT2D eigenvalue weighted by Crippen LogP contribution is 2.22. The van der Waals surface area contributed by atoms with Crippen molar-refractivity contribution in [3.63, 3.8) is 0 Å². The summed E-state index contributed by atoms with van der Waals surface area (Å²) in [6, 6.07) is 0. The van der Waals surface area contributed by atoms with E-state index in [2.05, 4.69) is 20.8 Å². The van der Waals surface area contributed by atoms with Crippen LogP contribution in [0, 0.1) is 5.41 Å². The Morgan fingerprint density at radius 2 is 1.59 bits per heavy atom. The van der Waals surface area contributed by atoms with E-state index in [0.29, 0.717) is 11.5 Å². The predicted molar refractivity (Wildman–Crippen MR) is 72.3 cm³/mol. The van der Waals surface area contributed by atoms with Crippen LogP contribution in [0.1, 0.15) is 65.7 Å². The molecule has 2 heteroatoms. The first-order chi connectivity index (χ1) is 8.08. The van der Waals surface area contributed by atoms with Crippen LogP contribution < -0.4 is 0 Å². The van der Waals surface area contributed by atoms with Gasteiger partial charge < -0.3 is 9.47 Å². The van der Waals surface area contributed by atoms with Crippen LogP contribution in [0.15, 0.2) is 0 Å². The molecule has 0 aromatic rings. The second kappa shape index (κ2) is 8.10. The van der Waals surface area contributed by atoms with E-state index in [0.717, 1.165) is 19.8 Å². The number of epoxide rings is 1. The third-order valence-corrected chi connectivity index (χ3v) is 3.17. The van der Waals surface area contributed by atoms with Gasteiger partial charge >= 0.3 is 0 Å². The van der Waals surface area contributed by atoms with E-state index in [9.17, 15) is 0 Å². The van der Waals surface area contributed by atoms with Crippen molar-refractivity contribution in [2.75, 3.05) is 19.8 Å². The molecule has 0 amide bonds. The van der Waals surface area contributed by atoms with Crippen LogP contribution in [0.25, 0.3) is 0 Å². The lowest BCUT2D eigenvalue weighted by atomic mass is 9.89. The summed E-state index contributed by atoms with van der Waals surface area (Å²) in [7, 11) is 0. The van der Waals surface area contributed by atoms with Gasteiger partial charge in [-0.05, 0) is 18.3 Å². The molecule has 17 heavy (non-hydrogen) atoms. The van der Waals surface area contributed by atoms with E-state index in [4.69, 9.17) is 9.47 Å². The average Bonchev–Trinajstić information content (AvgIpc) is 3.03. The fourth-order valence-electron chi connectivity index (χ4n) is 1.95. The van der Waals surface area contributed by atoms with Crippen molar-refractivity contribution in [2.24, 2.45) is 5.41 Å². The summed E-state index contributed by atoms with van der Waals surface area (Å²) < 4.78 is 10.6. The summed E-state index contributed by atoms with van der Waals surface area (Å²) in [6.45, 7) is 9.62. The van der Waals surface area contributed by atoms with Crippen LogP contribution in [0.4, 0.5) is 0 Å². The first-order valence-corrected chi connectivity index (χ1v) is 7.27. The third kappa shape index (κ3) is 10.8.